The fraction of sp³-hybridized carbons (Fsp3) is 0.368. The third kappa shape index (κ3) is 3.34. The van der Waals surface area contributed by atoms with E-state index in [0.717, 1.165) is 46.1 Å². The molecule has 1 aromatic carbocycles. The Hall–Kier alpha value is -1.76. The second kappa shape index (κ2) is 7.23. The number of carbonyl (C=O) groups excluding carboxylic acids is 1. The molecule has 1 aliphatic rings. The lowest BCUT2D eigenvalue weighted by Crippen LogP contribution is -2.37. The summed E-state index contributed by atoms with van der Waals surface area (Å²) >= 11 is 3.06. The highest BCUT2D eigenvalue weighted by atomic mass is 32.1. The third-order valence-corrected chi connectivity index (χ3v) is 6.39. The standard InChI is InChI=1S/C19H20N2O2S2/c1-2-13-6-3-8-15-17(13)20-19(25-15)21(12-14-7-4-10-23-14)18(22)16-9-5-11-24-16/h3,5-6,8-9,11,14H,2,4,7,10,12H2,1H3/t14-/m0/s1. The molecule has 1 saturated heterocycles. The highest BCUT2D eigenvalue weighted by Crippen LogP contribution is 2.33. The number of aromatic nitrogens is 1. The van der Waals surface area contributed by atoms with E-state index in [4.69, 9.17) is 9.72 Å². The van der Waals surface area contributed by atoms with Gasteiger partial charge in [-0.2, -0.15) is 0 Å². The molecular formula is C19H20N2O2S2. The first kappa shape index (κ1) is 16.7. The number of amides is 1. The van der Waals surface area contributed by atoms with Gasteiger partial charge in [-0.3, -0.25) is 9.69 Å². The van der Waals surface area contributed by atoms with Crippen LogP contribution in [0.5, 0.6) is 0 Å². The van der Waals surface area contributed by atoms with Crippen LogP contribution < -0.4 is 4.90 Å². The Kier molecular flexibility index (Phi) is 4.83. The monoisotopic (exact) mass is 372 g/mol. The van der Waals surface area contributed by atoms with E-state index in [9.17, 15) is 4.79 Å². The topological polar surface area (TPSA) is 42.4 Å². The van der Waals surface area contributed by atoms with Gasteiger partial charge in [0.25, 0.3) is 5.91 Å². The van der Waals surface area contributed by atoms with Gasteiger partial charge in [-0.25, -0.2) is 4.98 Å². The van der Waals surface area contributed by atoms with Crippen molar-refractivity contribution < 1.29 is 9.53 Å². The highest BCUT2D eigenvalue weighted by Gasteiger charge is 2.27. The van der Waals surface area contributed by atoms with Crippen molar-refractivity contribution in [1.29, 1.82) is 0 Å². The van der Waals surface area contributed by atoms with Crippen LogP contribution >= 0.6 is 22.7 Å². The number of anilines is 1. The lowest BCUT2D eigenvalue weighted by molar-refractivity contribution is 0.0920. The van der Waals surface area contributed by atoms with Crippen LogP contribution in [0.25, 0.3) is 10.2 Å². The molecule has 0 N–H and O–H groups in total. The van der Waals surface area contributed by atoms with Crippen molar-refractivity contribution in [3.8, 4) is 0 Å². The molecule has 4 rings (SSSR count). The number of carbonyl (C=O) groups is 1. The molecule has 4 nitrogen and oxygen atoms in total. The Morgan fingerprint density at radius 2 is 2.28 bits per heavy atom. The predicted octanol–water partition coefficient (Wildman–Crippen LogP) is 4.75. The Balaban J connectivity index is 1.72. The van der Waals surface area contributed by atoms with Crippen molar-refractivity contribution in [2.24, 2.45) is 0 Å². The molecule has 130 valence electrons. The molecule has 0 aliphatic carbocycles. The Bertz CT molecular complexity index is 867. The summed E-state index contributed by atoms with van der Waals surface area (Å²) in [5.74, 6) is 0.0163. The van der Waals surface area contributed by atoms with Crippen molar-refractivity contribution in [3.63, 3.8) is 0 Å². The number of ether oxygens (including phenoxy) is 1. The maximum Gasteiger partial charge on any atom is 0.270 e. The van der Waals surface area contributed by atoms with E-state index in [0.29, 0.717) is 6.54 Å². The number of thiophene rings is 1. The summed E-state index contributed by atoms with van der Waals surface area (Å²) in [5, 5.41) is 2.70. The van der Waals surface area contributed by atoms with Crippen molar-refractivity contribution in [2.75, 3.05) is 18.1 Å². The van der Waals surface area contributed by atoms with Gasteiger partial charge in [0.1, 0.15) is 0 Å². The molecule has 0 spiro atoms. The molecule has 25 heavy (non-hydrogen) atoms. The van der Waals surface area contributed by atoms with E-state index in [1.54, 1.807) is 11.3 Å². The normalized spacial score (nSPS) is 17.2. The molecule has 1 aliphatic heterocycles. The van der Waals surface area contributed by atoms with E-state index in [1.807, 2.05) is 22.4 Å². The van der Waals surface area contributed by atoms with Crippen molar-refractivity contribution >= 4 is 43.9 Å². The Morgan fingerprint density at radius 3 is 3.00 bits per heavy atom. The summed E-state index contributed by atoms with van der Waals surface area (Å²) < 4.78 is 6.91. The number of hydrogen-bond acceptors (Lipinski definition) is 5. The van der Waals surface area contributed by atoms with Crippen LogP contribution in [-0.2, 0) is 11.2 Å². The molecule has 0 bridgehead atoms. The maximum atomic E-state index is 13.1. The fourth-order valence-corrected chi connectivity index (χ4v) is 4.86. The molecule has 0 unspecified atom stereocenters. The van der Waals surface area contributed by atoms with Gasteiger partial charge < -0.3 is 4.74 Å². The van der Waals surface area contributed by atoms with E-state index >= 15 is 0 Å². The summed E-state index contributed by atoms with van der Waals surface area (Å²) in [4.78, 5) is 20.5. The average molecular weight is 373 g/mol. The predicted molar refractivity (Wildman–Crippen MR) is 104 cm³/mol. The van der Waals surface area contributed by atoms with E-state index < -0.39 is 0 Å². The zero-order valence-corrected chi connectivity index (χ0v) is 15.7. The number of aryl methyl sites for hydroxylation is 1. The van der Waals surface area contributed by atoms with Gasteiger partial charge in [0, 0.05) is 6.61 Å². The summed E-state index contributed by atoms with van der Waals surface area (Å²) in [5.41, 5.74) is 2.24. The smallest absolute Gasteiger partial charge is 0.270 e. The molecule has 0 saturated carbocycles. The van der Waals surface area contributed by atoms with Crippen LogP contribution in [0, 0.1) is 0 Å². The molecule has 2 aromatic heterocycles. The fourth-order valence-electron chi connectivity index (χ4n) is 3.17. The number of fused-ring (bicyclic) bond motifs is 1. The minimum Gasteiger partial charge on any atom is -0.376 e. The zero-order valence-electron chi connectivity index (χ0n) is 14.1. The van der Waals surface area contributed by atoms with Gasteiger partial charge in [0.2, 0.25) is 0 Å². The van der Waals surface area contributed by atoms with Gasteiger partial charge in [-0.15, -0.1) is 11.3 Å². The van der Waals surface area contributed by atoms with Crippen LogP contribution in [0.3, 0.4) is 0 Å². The van der Waals surface area contributed by atoms with E-state index in [1.165, 1.54) is 16.9 Å². The van der Waals surface area contributed by atoms with Gasteiger partial charge >= 0.3 is 0 Å². The number of thiazole rings is 1. The number of benzene rings is 1. The van der Waals surface area contributed by atoms with Crippen molar-refractivity contribution in [3.05, 3.63) is 46.2 Å². The number of rotatable bonds is 5. The third-order valence-electron chi connectivity index (χ3n) is 4.49. The summed E-state index contributed by atoms with van der Waals surface area (Å²) in [6.45, 7) is 3.48. The van der Waals surface area contributed by atoms with Crippen LogP contribution in [-0.4, -0.2) is 30.1 Å². The number of hydrogen-bond donors (Lipinski definition) is 0. The molecule has 1 fully saturated rings. The van der Waals surface area contributed by atoms with E-state index in [2.05, 4.69) is 25.1 Å². The SMILES string of the molecule is CCc1cccc2sc(N(C[C@@H]3CCCO3)C(=O)c3cccs3)nc12. The van der Waals surface area contributed by atoms with Gasteiger partial charge in [-0.1, -0.05) is 36.5 Å². The molecule has 0 radical (unpaired) electrons. The zero-order chi connectivity index (χ0) is 17.2. The Morgan fingerprint density at radius 1 is 1.36 bits per heavy atom. The summed E-state index contributed by atoms with van der Waals surface area (Å²) in [6.07, 6.45) is 3.09. The number of para-hydroxylation sites is 1. The van der Waals surface area contributed by atoms with Crippen LogP contribution in [0.2, 0.25) is 0 Å². The molecule has 1 amide bonds. The molecular weight excluding hydrogens is 352 g/mol. The quantitative estimate of drug-likeness (QED) is 0.649. The Labute approximate surface area is 155 Å². The van der Waals surface area contributed by atoms with Gasteiger partial charge in [0.05, 0.1) is 27.7 Å². The van der Waals surface area contributed by atoms with Crippen molar-refractivity contribution in [1.82, 2.24) is 4.98 Å². The molecule has 3 aromatic rings. The summed E-state index contributed by atoms with van der Waals surface area (Å²) in [7, 11) is 0. The van der Waals surface area contributed by atoms with E-state index in [-0.39, 0.29) is 12.0 Å². The average Bonchev–Trinajstić information content (AvgIpc) is 3.39. The highest BCUT2D eigenvalue weighted by molar-refractivity contribution is 7.22. The maximum absolute atomic E-state index is 13.1. The largest absolute Gasteiger partial charge is 0.376 e. The van der Waals surface area contributed by atoms with Gasteiger partial charge in [0.15, 0.2) is 5.13 Å². The lowest BCUT2D eigenvalue weighted by atomic mass is 10.1. The first-order chi connectivity index (χ1) is 12.3. The van der Waals surface area contributed by atoms with Crippen LogP contribution in [0.15, 0.2) is 35.7 Å². The minimum atomic E-state index is 0.0163. The second-order valence-electron chi connectivity index (χ2n) is 6.14. The summed E-state index contributed by atoms with van der Waals surface area (Å²) in [6, 6.07) is 10.0. The molecule has 3 heterocycles. The number of nitrogens with zero attached hydrogens (tertiary/aromatic N) is 2. The first-order valence-electron chi connectivity index (χ1n) is 8.61. The van der Waals surface area contributed by atoms with Crippen LogP contribution in [0.4, 0.5) is 5.13 Å². The van der Waals surface area contributed by atoms with Crippen LogP contribution in [0.1, 0.15) is 35.0 Å². The minimum absolute atomic E-state index is 0.0163. The molecule has 1 atom stereocenters. The van der Waals surface area contributed by atoms with Crippen molar-refractivity contribution in [2.45, 2.75) is 32.3 Å². The molecule has 6 heteroatoms. The lowest BCUT2D eigenvalue weighted by Gasteiger charge is -2.22. The first-order valence-corrected chi connectivity index (χ1v) is 10.3. The van der Waals surface area contributed by atoms with Gasteiger partial charge in [-0.05, 0) is 42.3 Å². The second-order valence-corrected chi connectivity index (χ2v) is 8.10.